The van der Waals surface area contributed by atoms with Gasteiger partial charge in [0.2, 0.25) is 0 Å². The average Bonchev–Trinajstić information content (AvgIpc) is 2.40. The van der Waals surface area contributed by atoms with Crippen LogP contribution in [0.4, 0.5) is 11.6 Å². The highest BCUT2D eigenvalue weighted by molar-refractivity contribution is 5.57. The molecule has 0 bridgehead atoms. The molecule has 0 unspecified atom stereocenters. The van der Waals surface area contributed by atoms with Gasteiger partial charge in [0.25, 0.3) is 0 Å². The molecule has 0 radical (unpaired) electrons. The van der Waals surface area contributed by atoms with E-state index in [2.05, 4.69) is 53.3 Å². The maximum atomic E-state index is 5.56. The molecular weight excluding hydrogens is 252 g/mol. The Morgan fingerprint density at radius 3 is 2.40 bits per heavy atom. The van der Waals surface area contributed by atoms with Gasteiger partial charge < -0.3 is 15.2 Å². The van der Waals surface area contributed by atoms with Crippen molar-refractivity contribution in [3.8, 4) is 0 Å². The number of nitrogen functional groups attached to an aromatic ring is 1. The van der Waals surface area contributed by atoms with E-state index in [-0.39, 0.29) is 0 Å². The Labute approximate surface area is 122 Å². The summed E-state index contributed by atoms with van der Waals surface area (Å²) in [5.74, 6) is 8.09. The van der Waals surface area contributed by atoms with Gasteiger partial charge in [-0.25, -0.2) is 15.8 Å². The van der Waals surface area contributed by atoms with Gasteiger partial charge in [0, 0.05) is 25.6 Å². The first kappa shape index (κ1) is 16.7. The fourth-order valence-electron chi connectivity index (χ4n) is 2.13. The van der Waals surface area contributed by atoms with Crippen molar-refractivity contribution in [2.24, 2.45) is 5.84 Å². The molecule has 1 heterocycles. The van der Waals surface area contributed by atoms with Crippen LogP contribution in [0.1, 0.15) is 31.2 Å². The first-order valence-electron chi connectivity index (χ1n) is 7.19. The van der Waals surface area contributed by atoms with Crippen molar-refractivity contribution in [3.63, 3.8) is 0 Å². The molecule has 0 aliphatic rings. The molecule has 1 aromatic rings. The minimum absolute atomic E-state index is 0.720. The zero-order valence-corrected chi connectivity index (χ0v) is 13.4. The second-order valence-corrected chi connectivity index (χ2v) is 5.41. The van der Waals surface area contributed by atoms with Gasteiger partial charge in [-0.15, -0.1) is 0 Å². The van der Waals surface area contributed by atoms with Crippen LogP contribution in [-0.2, 0) is 6.42 Å². The van der Waals surface area contributed by atoms with Crippen LogP contribution in [-0.4, -0.2) is 49.1 Å². The second-order valence-electron chi connectivity index (χ2n) is 5.41. The molecule has 0 spiro atoms. The first-order chi connectivity index (χ1) is 9.49. The number of hydrazine groups is 1. The fraction of sp³-hybridized carbons (Fsp3) is 0.714. The van der Waals surface area contributed by atoms with E-state index in [1.54, 1.807) is 0 Å². The SMILES string of the molecule is CCCc1nc(NN)c(C)c(N(C)CCCN(C)C)n1. The Bertz CT molecular complexity index is 418. The van der Waals surface area contributed by atoms with Crippen LogP contribution in [0.2, 0.25) is 0 Å². The summed E-state index contributed by atoms with van der Waals surface area (Å²) in [5, 5.41) is 0. The average molecular weight is 280 g/mol. The molecule has 114 valence electrons. The lowest BCUT2D eigenvalue weighted by molar-refractivity contribution is 0.401. The third-order valence-electron chi connectivity index (χ3n) is 3.24. The number of nitrogens with zero attached hydrogens (tertiary/aromatic N) is 4. The van der Waals surface area contributed by atoms with Gasteiger partial charge in [0.05, 0.1) is 0 Å². The van der Waals surface area contributed by atoms with Gasteiger partial charge in [-0.2, -0.15) is 0 Å². The standard InChI is InChI=1S/C14H28N6/c1-6-8-12-16-13(18-15)11(2)14(17-12)20(5)10-7-9-19(3)4/h6-10,15H2,1-5H3,(H,16,17,18). The molecule has 1 rings (SSSR count). The molecule has 0 fully saturated rings. The van der Waals surface area contributed by atoms with E-state index in [1.807, 2.05) is 6.92 Å². The zero-order valence-electron chi connectivity index (χ0n) is 13.4. The first-order valence-corrected chi connectivity index (χ1v) is 7.19. The quantitative estimate of drug-likeness (QED) is 0.554. The number of anilines is 2. The molecule has 20 heavy (non-hydrogen) atoms. The molecule has 6 heteroatoms. The number of aromatic nitrogens is 2. The van der Waals surface area contributed by atoms with Crippen molar-refractivity contribution >= 4 is 11.6 Å². The molecule has 3 N–H and O–H groups in total. The number of nitrogens with two attached hydrogens (primary N) is 1. The van der Waals surface area contributed by atoms with E-state index in [1.165, 1.54) is 0 Å². The molecule has 0 atom stereocenters. The lowest BCUT2D eigenvalue weighted by atomic mass is 10.2. The van der Waals surface area contributed by atoms with Crippen molar-refractivity contribution in [3.05, 3.63) is 11.4 Å². The summed E-state index contributed by atoms with van der Waals surface area (Å²) >= 11 is 0. The Hall–Kier alpha value is -1.40. The van der Waals surface area contributed by atoms with Gasteiger partial charge in [0.15, 0.2) is 0 Å². The van der Waals surface area contributed by atoms with Crippen LogP contribution in [0.5, 0.6) is 0 Å². The maximum absolute atomic E-state index is 5.56. The summed E-state index contributed by atoms with van der Waals surface area (Å²) in [5.41, 5.74) is 3.68. The summed E-state index contributed by atoms with van der Waals surface area (Å²) < 4.78 is 0. The molecule has 1 aromatic heterocycles. The van der Waals surface area contributed by atoms with Gasteiger partial charge in [-0.1, -0.05) is 6.92 Å². The number of rotatable bonds is 8. The summed E-state index contributed by atoms with van der Waals surface area (Å²) in [6, 6.07) is 0. The van der Waals surface area contributed by atoms with Crippen LogP contribution < -0.4 is 16.2 Å². The molecule has 0 saturated heterocycles. The molecule has 6 nitrogen and oxygen atoms in total. The van der Waals surface area contributed by atoms with Crippen molar-refractivity contribution in [1.82, 2.24) is 14.9 Å². The highest BCUT2D eigenvalue weighted by atomic mass is 15.3. The van der Waals surface area contributed by atoms with E-state index >= 15 is 0 Å². The molecule has 0 amide bonds. The van der Waals surface area contributed by atoms with E-state index in [0.29, 0.717) is 0 Å². The largest absolute Gasteiger partial charge is 0.359 e. The van der Waals surface area contributed by atoms with E-state index in [0.717, 1.165) is 55.4 Å². The van der Waals surface area contributed by atoms with Crippen LogP contribution in [0.3, 0.4) is 0 Å². The molecule has 0 aromatic carbocycles. The highest BCUT2D eigenvalue weighted by Gasteiger charge is 2.13. The number of nitrogens with one attached hydrogen (secondary N) is 1. The van der Waals surface area contributed by atoms with Crippen molar-refractivity contribution < 1.29 is 0 Å². The predicted molar refractivity (Wildman–Crippen MR) is 85.0 cm³/mol. The minimum Gasteiger partial charge on any atom is -0.359 e. The van der Waals surface area contributed by atoms with Crippen LogP contribution >= 0.6 is 0 Å². The Morgan fingerprint density at radius 2 is 1.85 bits per heavy atom. The second kappa shape index (κ2) is 8.01. The zero-order chi connectivity index (χ0) is 15.1. The maximum Gasteiger partial charge on any atom is 0.148 e. The Balaban J connectivity index is 2.88. The fourth-order valence-corrected chi connectivity index (χ4v) is 2.13. The molecule has 0 aliphatic heterocycles. The monoisotopic (exact) mass is 280 g/mol. The van der Waals surface area contributed by atoms with Gasteiger partial charge in [-0.3, -0.25) is 0 Å². The van der Waals surface area contributed by atoms with Crippen LogP contribution in [0, 0.1) is 6.92 Å². The Kier molecular flexibility index (Phi) is 6.67. The number of hydrogen-bond acceptors (Lipinski definition) is 6. The van der Waals surface area contributed by atoms with Gasteiger partial charge >= 0.3 is 0 Å². The van der Waals surface area contributed by atoms with Crippen molar-refractivity contribution in [1.29, 1.82) is 0 Å². The predicted octanol–water partition coefficient (Wildman–Crippen LogP) is 1.41. The summed E-state index contributed by atoms with van der Waals surface area (Å²) in [4.78, 5) is 13.5. The van der Waals surface area contributed by atoms with E-state index in [9.17, 15) is 0 Å². The van der Waals surface area contributed by atoms with Crippen molar-refractivity contribution in [2.75, 3.05) is 44.6 Å². The normalized spacial score (nSPS) is 10.9. The van der Waals surface area contributed by atoms with Crippen molar-refractivity contribution in [2.45, 2.75) is 33.1 Å². The summed E-state index contributed by atoms with van der Waals surface area (Å²) in [7, 11) is 6.25. The van der Waals surface area contributed by atoms with Gasteiger partial charge in [0.1, 0.15) is 17.5 Å². The lowest BCUT2D eigenvalue weighted by Gasteiger charge is -2.22. The highest BCUT2D eigenvalue weighted by Crippen LogP contribution is 2.22. The third-order valence-corrected chi connectivity index (χ3v) is 3.24. The topological polar surface area (TPSA) is 70.3 Å². The number of hydrogen-bond donors (Lipinski definition) is 2. The molecular formula is C14H28N6. The minimum atomic E-state index is 0.720. The number of aryl methyl sites for hydroxylation is 1. The Morgan fingerprint density at radius 1 is 1.15 bits per heavy atom. The summed E-state index contributed by atoms with van der Waals surface area (Å²) in [6.07, 6.45) is 2.99. The van der Waals surface area contributed by atoms with E-state index in [4.69, 9.17) is 5.84 Å². The van der Waals surface area contributed by atoms with Crippen LogP contribution in [0.15, 0.2) is 0 Å². The summed E-state index contributed by atoms with van der Waals surface area (Å²) in [6.45, 7) is 6.16. The third kappa shape index (κ3) is 4.61. The van der Waals surface area contributed by atoms with Gasteiger partial charge in [-0.05, 0) is 40.4 Å². The van der Waals surface area contributed by atoms with Crippen LogP contribution in [0.25, 0.3) is 0 Å². The smallest absolute Gasteiger partial charge is 0.148 e. The van der Waals surface area contributed by atoms with E-state index < -0.39 is 0 Å². The lowest BCUT2D eigenvalue weighted by Crippen LogP contribution is -2.26. The molecule has 0 saturated carbocycles. The molecule has 0 aliphatic carbocycles.